The number of pyridine rings is 1. The van der Waals surface area contributed by atoms with Crippen molar-refractivity contribution < 1.29 is 14.4 Å². The van der Waals surface area contributed by atoms with Crippen LogP contribution < -0.4 is 5.32 Å². The maximum atomic E-state index is 12.6. The van der Waals surface area contributed by atoms with Crippen molar-refractivity contribution in [1.82, 2.24) is 25.0 Å². The fourth-order valence-corrected chi connectivity index (χ4v) is 2.58. The van der Waals surface area contributed by atoms with Gasteiger partial charge in [0.15, 0.2) is 0 Å². The molecule has 2 rings (SSSR count). The fourth-order valence-electron chi connectivity index (χ4n) is 2.58. The predicted octanol–water partition coefficient (Wildman–Crippen LogP) is -0.323. The molecule has 8 nitrogen and oxygen atoms in total. The highest BCUT2D eigenvalue weighted by Gasteiger charge is 2.24. The summed E-state index contributed by atoms with van der Waals surface area (Å²) in [6.07, 6.45) is 2.92. The molecular weight excluding hydrogens is 322 g/mol. The van der Waals surface area contributed by atoms with Gasteiger partial charge in [0.25, 0.3) is 11.8 Å². The Kier molecular flexibility index (Phi) is 6.46. The van der Waals surface area contributed by atoms with Crippen molar-refractivity contribution in [2.75, 3.05) is 53.4 Å². The summed E-state index contributed by atoms with van der Waals surface area (Å²) in [5.41, 5.74) is 0.753. The van der Waals surface area contributed by atoms with Gasteiger partial charge in [-0.25, -0.2) is 0 Å². The van der Waals surface area contributed by atoms with Crippen LogP contribution in [0, 0.1) is 0 Å². The summed E-state index contributed by atoms with van der Waals surface area (Å²) in [6, 6.07) is 1.57. The number of rotatable bonds is 5. The van der Waals surface area contributed by atoms with Crippen LogP contribution in [0.1, 0.15) is 27.6 Å². The van der Waals surface area contributed by atoms with E-state index in [-0.39, 0.29) is 17.7 Å². The van der Waals surface area contributed by atoms with Gasteiger partial charge in [0, 0.05) is 58.6 Å². The van der Waals surface area contributed by atoms with Gasteiger partial charge >= 0.3 is 0 Å². The Labute approximate surface area is 147 Å². The lowest BCUT2D eigenvalue weighted by Crippen LogP contribution is -2.50. The van der Waals surface area contributed by atoms with Gasteiger partial charge in [-0.1, -0.05) is 0 Å². The van der Waals surface area contributed by atoms with Crippen LogP contribution in [0.4, 0.5) is 0 Å². The Morgan fingerprint density at radius 3 is 2.28 bits per heavy atom. The topological polar surface area (TPSA) is 85.9 Å². The Morgan fingerprint density at radius 2 is 1.68 bits per heavy atom. The largest absolute Gasteiger partial charge is 0.351 e. The van der Waals surface area contributed by atoms with E-state index in [1.807, 2.05) is 19.0 Å². The number of piperazine rings is 1. The molecule has 8 heteroatoms. The van der Waals surface area contributed by atoms with Crippen molar-refractivity contribution in [3.63, 3.8) is 0 Å². The zero-order valence-electron chi connectivity index (χ0n) is 15.0. The van der Waals surface area contributed by atoms with E-state index < -0.39 is 0 Å². The van der Waals surface area contributed by atoms with Crippen molar-refractivity contribution in [3.05, 3.63) is 29.6 Å². The molecule has 0 bridgehead atoms. The smallest absolute Gasteiger partial charge is 0.255 e. The number of aromatic nitrogens is 1. The van der Waals surface area contributed by atoms with Gasteiger partial charge in [-0.2, -0.15) is 0 Å². The lowest BCUT2D eigenvalue weighted by atomic mass is 10.1. The minimum Gasteiger partial charge on any atom is -0.351 e. The number of likely N-dealkylation sites (N-methyl/N-ethyl adjacent to an activating group) is 1. The molecule has 1 fully saturated rings. The molecular formula is C17H25N5O3. The highest BCUT2D eigenvalue weighted by molar-refractivity contribution is 5.99. The van der Waals surface area contributed by atoms with Crippen LogP contribution in [0.25, 0.3) is 0 Å². The molecule has 25 heavy (non-hydrogen) atoms. The van der Waals surface area contributed by atoms with Crippen LogP contribution >= 0.6 is 0 Å². The second-order valence-electron chi connectivity index (χ2n) is 6.32. The van der Waals surface area contributed by atoms with E-state index in [9.17, 15) is 14.4 Å². The van der Waals surface area contributed by atoms with Gasteiger partial charge in [-0.05, 0) is 20.2 Å². The normalized spacial score (nSPS) is 14.6. The molecule has 0 unspecified atom stereocenters. The maximum absolute atomic E-state index is 12.6. The van der Waals surface area contributed by atoms with Gasteiger partial charge < -0.3 is 20.0 Å². The van der Waals surface area contributed by atoms with Crippen LogP contribution in [0.5, 0.6) is 0 Å². The molecule has 1 aliphatic rings. The molecule has 0 spiro atoms. The summed E-state index contributed by atoms with van der Waals surface area (Å²) >= 11 is 0. The van der Waals surface area contributed by atoms with Gasteiger partial charge in [-0.3, -0.25) is 19.4 Å². The molecule has 0 aromatic carbocycles. The third-order valence-electron chi connectivity index (χ3n) is 4.10. The molecule has 1 aliphatic heterocycles. The Morgan fingerprint density at radius 1 is 1.08 bits per heavy atom. The quantitative estimate of drug-likeness (QED) is 0.789. The van der Waals surface area contributed by atoms with Gasteiger partial charge in [0.05, 0.1) is 11.1 Å². The molecule has 1 N–H and O–H groups in total. The zero-order valence-corrected chi connectivity index (χ0v) is 15.0. The molecule has 1 aromatic heterocycles. The Bertz CT molecular complexity index is 639. The first-order valence-electron chi connectivity index (χ1n) is 8.31. The van der Waals surface area contributed by atoms with Crippen molar-refractivity contribution in [2.45, 2.75) is 6.92 Å². The average Bonchev–Trinajstić information content (AvgIpc) is 2.61. The first kappa shape index (κ1) is 18.9. The van der Waals surface area contributed by atoms with Gasteiger partial charge in [0.2, 0.25) is 5.91 Å². The molecule has 3 amide bonds. The van der Waals surface area contributed by atoms with E-state index in [1.165, 1.54) is 19.3 Å². The first-order chi connectivity index (χ1) is 11.9. The standard InChI is InChI=1S/C17H25N5O3/c1-13(23)21-6-8-22(9-7-21)17(25)15-10-14(11-18-12-15)16(24)19-4-5-20(2)3/h10-12H,4-9H2,1-3H3,(H,19,24). The minimum absolute atomic E-state index is 0.0187. The predicted molar refractivity (Wildman–Crippen MR) is 93.3 cm³/mol. The van der Waals surface area contributed by atoms with E-state index in [2.05, 4.69) is 10.3 Å². The van der Waals surface area contributed by atoms with E-state index in [4.69, 9.17) is 0 Å². The van der Waals surface area contributed by atoms with Crippen LogP contribution in [-0.2, 0) is 4.79 Å². The van der Waals surface area contributed by atoms with Gasteiger partial charge in [-0.15, -0.1) is 0 Å². The highest BCUT2D eigenvalue weighted by Crippen LogP contribution is 2.10. The Balaban J connectivity index is 1.97. The summed E-state index contributed by atoms with van der Waals surface area (Å²) < 4.78 is 0. The average molecular weight is 347 g/mol. The number of amides is 3. The molecule has 0 aliphatic carbocycles. The number of nitrogens with one attached hydrogen (secondary N) is 1. The molecule has 0 atom stereocenters. The number of carbonyl (C=O) groups is 3. The molecule has 0 radical (unpaired) electrons. The van der Waals surface area contributed by atoms with E-state index >= 15 is 0 Å². The summed E-state index contributed by atoms with van der Waals surface area (Å²) in [5, 5.41) is 2.80. The molecule has 0 saturated carbocycles. The van der Waals surface area contributed by atoms with Crippen LogP contribution in [0.15, 0.2) is 18.5 Å². The van der Waals surface area contributed by atoms with E-state index in [1.54, 1.807) is 15.9 Å². The van der Waals surface area contributed by atoms with Crippen molar-refractivity contribution in [2.24, 2.45) is 0 Å². The SMILES string of the molecule is CC(=O)N1CCN(C(=O)c2cncc(C(=O)NCCN(C)C)c2)CC1. The first-order valence-corrected chi connectivity index (χ1v) is 8.31. The number of hydrogen-bond acceptors (Lipinski definition) is 5. The highest BCUT2D eigenvalue weighted by atomic mass is 16.2. The molecule has 1 aromatic rings. The zero-order chi connectivity index (χ0) is 18.4. The lowest BCUT2D eigenvalue weighted by Gasteiger charge is -2.34. The van der Waals surface area contributed by atoms with E-state index in [0.717, 1.165) is 6.54 Å². The van der Waals surface area contributed by atoms with Crippen LogP contribution in [0.3, 0.4) is 0 Å². The third kappa shape index (κ3) is 5.25. The minimum atomic E-state index is -0.245. The molecule has 1 saturated heterocycles. The van der Waals surface area contributed by atoms with Gasteiger partial charge in [0.1, 0.15) is 0 Å². The second kappa shape index (κ2) is 8.57. The lowest BCUT2D eigenvalue weighted by molar-refractivity contribution is -0.130. The summed E-state index contributed by atoms with van der Waals surface area (Å²) in [5.74, 6) is -0.394. The fraction of sp³-hybridized carbons (Fsp3) is 0.529. The summed E-state index contributed by atoms with van der Waals surface area (Å²) in [6.45, 7) is 4.81. The molecule has 136 valence electrons. The second-order valence-corrected chi connectivity index (χ2v) is 6.32. The summed E-state index contributed by atoms with van der Waals surface area (Å²) in [4.78, 5) is 45.5. The van der Waals surface area contributed by atoms with Crippen molar-refractivity contribution in [3.8, 4) is 0 Å². The van der Waals surface area contributed by atoms with Crippen molar-refractivity contribution in [1.29, 1.82) is 0 Å². The number of carbonyl (C=O) groups excluding carboxylic acids is 3. The number of hydrogen-bond donors (Lipinski definition) is 1. The molecule has 2 heterocycles. The van der Waals surface area contributed by atoms with Crippen LogP contribution in [0.2, 0.25) is 0 Å². The van der Waals surface area contributed by atoms with Crippen LogP contribution in [-0.4, -0.2) is 90.8 Å². The summed E-state index contributed by atoms with van der Waals surface area (Å²) in [7, 11) is 3.86. The Hall–Kier alpha value is -2.48. The maximum Gasteiger partial charge on any atom is 0.255 e. The number of nitrogens with zero attached hydrogens (tertiary/aromatic N) is 4. The van der Waals surface area contributed by atoms with Crippen molar-refractivity contribution >= 4 is 17.7 Å². The monoisotopic (exact) mass is 347 g/mol. The van der Waals surface area contributed by atoms with E-state index in [0.29, 0.717) is 43.9 Å². The third-order valence-corrected chi connectivity index (χ3v) is 4.10.